The Hall–Kier alpha value is -8.89. The minimum atomic E-state index is -4.23. The molecule has 0 unspecified atom stereocenters. The highest BCUT2D eigenvalue weighted by molar-refractivity contribution is 7.89. The summed E-state index contributed by atoms with van der Waals surface area (Å²) in [5, 5.41) is 86.0. The summed E-state index contributed by atoms with van der Waals surface area (Å²) in [6.45, 7) is 6.81. The zero-order chi connectivity index (χ0) is 74.3. The van der Waals surface area contributed by atoms with E-state index in [2.05, 4.69) is 51.9 Å². The first-order valence-electron chi connectivity index (χ1n) is 32.9. The van der Waals surface area contributed by atoms with E-state index in [1.807, 2.05) is 6.92 Å². The fourth-order valence-electron chi connectivity index (χ4n) is 11.1. The number of aliphatic carboxylic acids is 3. The van der Waals surface area contributed by atoms with Crippen molar-refractivity contribution in [3.63, 3.8) is 0 Å². The lowest BCUT2D eigenvalue weighted by Crippen LogP contribution is -2.56. The standard InChI is InChI=1S/C64H95N15O21S/c1-40-28-41(2)60(42(3)29-40)101(98,99)74-49(43(4)80)34-70-61(95)46-35-79(50-30-44(8-9-45(50)59(46)94)33-71-64-68-15-16-69-64)17-5-12-65-51(81)10-11-52(82)66-13-6-26-100-27-7-14-67-62(96)47(31-54(84)85)73-63(97)48(32-55(86)87)72-53(83)36-75-18-20-76(37-56(88)89)22-24-78(39-58(92)93)25-23-77(21-19-75)38-57(90)91/h8-9,15-16,28-30,35,47-49,56,58,74,88-89,92-93H,5-7,10-14,17-27,31-34,36-39H2,1-4H3,(H,65,81)(H,66,82)(H,67,96)(H,70,95)(H,72,83)(H,73,97)(H,84,85)(H,86,87)(H,90,91)(H2,68,69,71)/t47-,48-,49+/m1/s1. The van der Waals surface area contributed by atoms with Gasteiger partial charge in [-0.1, -0.05) is 23.8 Å². The number of aromatic nitrogens is 3. The van der Waals surface area contributed by atoms with E-state index in [1.165, 1.54) is 13.1 Å². The summed E-state index contributed by atoms with van der Waals surface area (Å²) in [5.74, 6) is -8.89. The van der Waals surface area contributed by atoms with Crippen molar-refractivity contribution < 1.29 is 96.8 Å². The number of amides is 6. The molecule has 4 aromatic rings. The number of Topliss-reactive ketones (excluding diaryl/α,β-unsaturated/α-hetero) is 1. The summed E-state index contributed by atoms with van der Waals surface area (Å²) in [6.07, 6.45) is -0.140. The Morgan fingerprint density at radius 3 is 1.69 bits per heavy atom. The summed E-state index contributed by atoms with van der Waals surface area (Å²) in [7, 11) is -4.23. The van der Waals surface area contributed by atoms with Crippen LogP contribution in [0.2, 0.25) is 0 Å². The monoisotopic (exact) mass is 1440 g/mol. The molecule has 0 spiro atoms. The molecule has 1 aliphatic rings. The van der Waals surface area contributed by atoms with Gasteiger partial charge in [0.15, 0.2) is 18.5 Å². The third-order valence-electron chi connectivity index (χ3n) is 16.0. The third-order valence-corrected chi connectivity index (χ3v) is 17.8. The lowest BCUT2D eigenvalue weighted by molar-refractivity contribution is -0.143. The second-order valence-electron chi connectivity index (χ2n) is 24.5. The number of carbonyl (C=O) groups excluding carboxylic acids is 7. The molecule has 0 saturated carbocycles. The number of nitrogens with zero attached hydrogens (tertiary/aromatic N) is 6. The molecular formula is C64H95N15O21S. The minimum Gasteiger partial charge on any atom is -0.481 e. The molecule has 0 bridgehead atoms. The summed E-state index contributed by atoms with van der Waals surface area (Å²) >= 11 is 0. The number of ether oxygens (including phenoxy) is 1. The van der Waals surface area contributed by atoms with E-state index >= 15 is 0 Å². The smallest absolute Gasteiger partial charge is 0.317 e. The Morgan fingerprint density at radius 1 is 0.634 bits per heavy atom. The van der Waals surface area contributed by atoms with Crippen molar-refractivity contribution in [2.24, 2.45) is 0 Å². The van der Waals surface area contributed by atoms with Crippen LogP contribution in [0.1, 0.15) is 84.5 Å². The fraction of sp³-hybridized carbons (Fsp3) is 0.562. The Kier molecular flexibility index (Phi) is 34.2. The number of carboxylic acids is 3. The molecular weight excluding hydrogens is 1350 g/mol. The van der Waals surface area contributed by atoms with E-state index in [0.717, 1.165) is 11.1 Å². The number of H-pyrrole nitrogens is 1. The molecule has 3 heterocycles. The molecule has 3 atom stereocenters. The maximum absolute atomic E-state index is 14.0. The van der Waals surface area contributed by atoms with Crippen molar-refractivity contribution in [1.82, 2.24) is 70.8 Å². The lowest BCUT2D eigenvalue weighted by Gasteiger charge is -2.34. The largest absolute Gasteiger partial charge is 0.481 e. The summed E-state index contributed by atoms with van der Waals surface area (Å²) in [5.41, 5.74) is 2.14. The molecule has 37 heteroatoms. The average molecular weight is 1440 g/mol. The highest BCUT2D eigenvalue weighted by Gasteiger charge is 2.32. The third kappa shape index (κ3) is 29.7. The number of β-amino-alcohol motifs (C(OH)–C–C–N with tert-alkyl or cyclic N) is 4. The molecule has 1 fully saturated rings. The van der Waals surface area contributed by atoms with E-state index in [0.29, 0.717) is 42.0 Å². The van der Waals surface area contributed by atoms with Crippen molar-refractivity contribution >= 4 is 86.0 Å². The summed E-state index contributed by atoms with van der Waals surface area (Å²) < 4.78 is 36.8. The van der Waals surface area contributed by atoms with Gasteiger partial charge in [0.1, 0.15) is 23.4 Å². The van der Waals surface area contributed by atoms with Crippen LogP contribution in [0.15, 0.2) is 58.6 Å². The lowest BCUT2D eigenvalue weighted by atomic mass is 10.1. The number of aliphatic hydroxyl groups is 4. The van der Waals surface area contributed by atoms with Crippen LogP contribution in [0.25, 0.3) is 10.9 Å². The number of carboxylic acid groups (broad SMARTS) is 3. The number of aromatic amines is 1. The van der Waals surface area contributed by atoms with Gasteiger partial charge in [-0.2, -0.15) is 4.72 Å². The zero-order valence-corrected chi connectivity index (χ0v) is 57.9. The van der Waals surface area contributed by atoms with Gasteiger partial charge < -0.3 is 87.3 Å². The SMILES string of the molecule is CC(=O)[C@H](CNC(=O)c1cn(CCCNC(=O)CCC(=O)NCCCOCCCNC(=O)[C@@H](CC(=O)O)NC(=O)[C@@H](CC(=O)O)NC(=O)CN2CCN(CC(=O)O)CCN(CC(O)O)CCN(CC(O)O)CC2)c2cc(CNc3ncc[nH]3)ccc2c1=O)NS(=O)(=O)c1c(C)cc(C)cc1C. The molecule has 2 aromatic heterocycles. The zero-order valence-electron chi connectivity index (χ0n) is 57.0. The predicted molar refractivity (Wildman–Crippen MR) is 363 cm³/mol. The topological polar surface area (TPSA) is 516 Å². The van der Waals surface area contributed by atoms with Crippen molar-refractivity contribution in [3.8, 4) is 0 Å². The fourth-order valence-corrected chi connectivity index (χ4v) is 12.8. The summed E-state index contributed by atoms with van der Waals surface area (Å²) in [4.78, 5) is 155. The molecule has 16 N–H and O–H groups in total. The molecule has 1 aliphatic heterocycles. The maximum atomic E-state index is 14.0. The number of nitrogens with one attached hydrogen (secondary N) is 9. The first-order chi connectivity index (χ1) is 47.9. The number of fused-ring (bicyclic) bond motifs is 1. The molecule has 101 heavy (non-hydrogen) atoms. The van der Waals surface area contributed by atoms with Gasteiger partial charge in [0.2, 0.25) is 45.0 Å². The highest BCUT2D eigenvalue weighted by atomic mass is 32.2. The minimum absolute atomic E-state index is 0.0101. The molecule has 0 aliphatic carbocycles. The number of anilines is 1. The normalized spacial score (nSPS) is 14.8. The number of hydrogen-bond acceptors (Lipinski definition) is 24. The van der Waals surface area contributed by atoms with Crippen LogP contribution in [0.5, 0.6) is 0 Å². The number of imidazole rings is 1. The first kappa shape index (κ1) is 82.8. The molecule has 0 radical (unpaired) electrons. The van der Waals surface area contributed by atoms with E-state index < -0.39 is 138 Å². The Balaban J connectivity index is 1.04. The van der Waals surface area contributed by atoms with Crippen molar-refractivity contribution in [2.75, 3.05) is 123 Å². The number of aliphatic hydroxyl groups excluding tert-OH is 2. The average Bonchev–Trinajstić information content (AvgIpc) is 0.887. The molecule has 36 nitrogen and oxygen atoms in total. The number of rotatable bonds is 41. The van der Waals surface area contributed by atoms with Crippen LogP contribution in [0, 0.1) is 20.8 Å². The number of hydrogen-bond donors (Lipinski definition) is 16. The van der Waals surface area contributed by atoms with E-state index in [1.54, 1.807) is 80.7 Å². The molecule has 1 saturated heterocycles. The molecule has 6 amide bonds. The Bertz CT molecular complexity index is 3630. The van der Waals surface area contributed by atoms with Crippen LogP contribution in [-0.4, -0.2) is 286 Å². The van der Waals surface area contributed by atoms with E-state index in [4.69, 9.17) is 4.74 Å². The quantitative estimate of drug-likeness (QED) is 0.0149. The van der Waals surface area contributed by atoms with Gasteiger partial charge in [0.05, 0.1) is 42.4 Å². The van der Waals surface area contributed by atoms with Crippen LogP contribution in [0.3, 0.4) is 0 Å². The second-order valence-corrected chi connectivity index (χ2v) is 26.1. The van der Waals surface area contributed by atoms with Crippen LogP contribution < -0.4 is 47.4 Å². The Labute approximate surface area is 583 Å². The number of pyridine rings is 1. The number of sulfonamides is 1. The Morgan fingerprint density at radius 2 is 1.17 bits per heavy atom. The summed E-state index contributed by atoms with van der Waals surface area (Å²) in [6, 6.07) is 3.59. The van der Waals surface area contributed by atoms with Gasteiger partial charge in [-0.3, -0.25) is 72.3 Å². The molecule has 2 aromatic carbocycles. The van der Waals surface area contributed by atoms with Gasteiger partial charge in [-0.15, -0.1) is 0 Å². The van der Waals surface area contributed by atoms with Gasteiger partial charge in [-0.25, -0.2) is 13.4 Å². The highest BCUT2D eigenvalue weighted by Crippen LogP contribution is 2.23. The number of ketones is 1. The van der Waals surface area contributed by atoms with Gasteiger partial charge >= 0.3 is 17.9 Å². The van der Waals surface area contributed by atoms with Gasteiger partial charge in [-0.05, 0) is 75.8 Å². The van der Waals surface area contributed by atoms with E-state index in [-0.39, 0.29) is 140 Å². The van der Waals surface area contributed by atoms with Crippen LogP contribution in [-0.2, 0) is 71.0 Å². The number of aryl methyl sites for hydroxylation is 4. The number of carbonyl (C=O) groups is 10. The van der Waals surface area contributed by atoms with Crippen molar-refractivity contribution in [2.45, 2.75) is 121 Å². The van der Waals surface area contributed by atoms with Crippen molar-refractivity contribution in [1.29, 1.82) is 0 Å². The van der Waals surface area contributed by atoms with Crippen molar-refractivity contribution in [3.05, 3.63) is 87.0 Å². The maximum Gasteiger partial charge on any atom is 0.317 e. The van der Waals surface area contributed by atoms with E-state index in [9.17, 15) is 96.9 Å². The van der Waals surface area contributed by atoms with Gasteiger partial charge in [0.25, 0.3) is 5.91 Å². The number of benzene rings is 2. The second kappa shape index (κ2) is 41.8. The predicted octanol–water partition coefficient (Wildman–Crippen LogP) is -3.91. The van der Waals surface area contributed by atoms with Crippen LogP contribution in [0.4, 0.5) is 5.95 Å². The van der Waals surface area contributed by atoms with Gasteiger partial charge in [0, 0.05) is 155 Å². The molecule has 5 rings (SSSR count). The molecule has 558 valence electrons. The van der Waals surface area contributed by atoms with Crippen LogP contribution >= 0.6 is 0 Å². The first-order valence-corrected chi connectivity index (χ1v) is 34.4.